The molecule has 0 radical (unpaired) electrons. The number of aromatic nitrogens is 1. The minimum atomic E-state index is -0.942. The van der Waals surface area contributed by atoms with Crippen molar-refractivity contribution in [2.45, 2.75) is 25.8 Å². The van der Waals surface area contributed by atoms with Gasteiger partial charge in [-0.25, -0.2) is 14.2 Å². The summed E-state index contributed by atoms with van der Waals surface area (Å²) in [7, 11) is 0. The standard InChI is InChI=1S/C29H28FN5O6S/c1-3-33-13-18(26(39)17-11-19(30)21(12-20(17)33)34-8-6-31-7-9-34)28(40)32-35-23(37)14-42-29(35)25-22(36)5-4-16-15(2)10-24(38)41-27(16)25/h4-5,10-13,29,31,36H,3,6-9,14H2,1-2H3,(H,32,40). The quantitative estimate of drug-likeness (QED) is 0.298. The lowest BCUT2D eigenvalue weighted by Crippen LogP contribution is -2.46. The normalized spacial score (nSPS) is 17.4. The molecule has 11 nitrogen and oxygen atoms in total. The average molecular weight is 594 g/mol. The number of hydrazine groups is 1. The van der Waals surface area contributed by atoms with E-state index in [1.807, 2.05) is 11.8 Å². The third kappa shape index (κ3) is 4.68. The molecule has 3 N–H and O–H groups in total. The van der Waals surface area contributed by atoms with Gasteiger partial charge in [0, 0.05) is 55.8 Å². The van der Waals surface area contributed by atoms with Crippen LogP contribution in [0.2, 0.25) is 0 Å². The van der Waals surface area contributed by atoms with E-state index in [-0.39, 0.29) is 33.6 Å². The largest absolute Gasteiger partial charge is 0.507 e. The fraction of sp³-hybridized carbons (Fsp3) is 0.310. The van der Waals surface area contributed by atoms with E-state index >= 15 is 4.39 Å². The molecular weight excluding hydrogens is 565 g/mol. The maximum atomic E-state index is 15.3. The van der Waals surface area contributed by atoms with Crippen molar-refractivity contribution in [2.75, 3.05) is 36.8 Å². The van der Waals surface area contributed by atoms with Gasteiger partial charge in [0.15, 0.2) is 0 Å². The number of halogens is 1. The molecule has 0 spiro atoms. The van der Waals surface area contributed by atoms with Gasteiger partial charge in [-0.05, 0) is 43.7 Å². The third-order valence-electron chi connectivity index (χ3n) is 7.66. The van der Waals surface area contributed by atoms with Crippen LogP contribution in [0.15, 0.2) is 50.5 Å². The lowest BCUT2D eigenvalue weighted by Gasteiger charge is -2.30. The van der Waals surface area contributed by atoms with Crippen LogP contribution in [0.1, 0.15) is 33.8 Å². The lowest BCUT2D eigenvalue weighted by molar-refractivity contribution is -0.130. The number of piperazine rings is 1. The maximum absolute atomic E-state index is 15.3. The summed E-state index contributed by atoms with van der Waals surface area (Å²) in [5.41, 5.74) is 2.70. The van der Waals surface area contributed by atoms with Crippen LogP contribution in [-0.2, 0) is 11.3 Å². The predicted molar refractivity (Wildman–Crippen MR) is 157 cm³/mol. The Balaban J connectivity index is 1.39. The first-order chi connectivity index (χ1) is 20.2. The van der Waals surface area contributed by atoms with Gasteiger partial charge in [0.05, 0.1) is 22.5 Å². The van der Waals surface area contributed by atoms with Gasteiger partial charge in [-0.3, -0.25) is 19.8 Å². The summed E-state index contributed by atoms with van der Waals surface area (Å²) in [5.74, 6) is -2.16. The Morgan fingerprint density at radius 2 is 1.93 bits per heavy atom. The molecule has 2 amide bonds. The molecule has 0 bridgehead atoms. The predicted octanol–water partition coefficient (Wildman–Crippen LogP) is 2.61. The second-order valence-corrected chi connectivity index (χ2v) is 11.3. The number of aryl methyl sites for hydroxylation is 2. The molecule has 2 aromatic carbocycles. The Kier molecular flexibility index (Phi) is 7.15. The number of thioether (sulfide) groups is 1. The van der Waals surface area contributed by atoms with Crippen molar-refractivity contribution in [1.82, 2.24) is 20.3 Å². The molecule has 1 atom stereocenters. The maximum Gasteiger partial charge on any atom is 0.336 e. The molecule has 1 unspecified atom stereocenters. The van der Waals surface area contributed by atoms with E-state index < -0.39 is 34.1 Å². The van der Waals surface area contributed by atoms with Crippen LogP contribution in [0.4, 0.5) is 10.1 Å². The molecule has 2 fully saturated rings. The highest BCUT2D eigenvalue weighted by molar-refractivity contribution is 8.00. The average Bonchev–Trinajstić information content (AvgIpc) is 3.32. The van der Waals surface area contributed by atoms with Gasteiger partial charge in [-0.2, -0.15) is 0 Å². The highest BCUT2D eigenvalue weighted by atomic mass is 32.2. The summed E-state index contributed by atoms with van der Waals surface area (Å²) in [6.45, 7) is 6.64. The van der Waals surface area contributed by atoms with Crippen molar-refractivity contribution in [2.24, 2.45) is 0 Å². The van der Waals surface area contributed by atoms with Gasteiger partial charge in [-0.15, -0.1) is 11.8 Å². The Morgan fingerprint density at radius 3 is 2.67 bits per heavy atom. The molecule has 2 aromatic heterocycles. The van der Waals surface area contributed by atoms with Gasteiger partial charge >= 0.3 is 5.63 Å². The molecule has 0 aliphatic carbocycles. The Labute approximate surface area is 242 Å². The molecule has 2 aliphatic heterocycles. The summed E-state index contributed by atoms with van der Waals surface area (Å²) in [4.78, 5) is 54.1. The molecule has 2 aliphatic rings. The topological polar surface area (TPSA) is 137 Å². The van der Waals surface area contributed by atoms with Crippen LogP contribution in [0, 0.1) is 12.7 Å². The number of nitrogens with zero attached hydrogens (tertiary/aromatic N) is 3. The minimum Gasteiger partial charge on any atom is -0.507 e. The fourth-order valence-corrected chi connectivity index (χ4v) is 6.69. The van der Waals surface area contributed by atoms with Crippen molar-refractivity contribution >= 4 is 51.1 Å². The van der Waals surface area contributed by atoms with Crippen molar-refractivity contribution < 1.29 is 23.5 Å². The molecule has 13 heteroatoms. The zero-order valence-electron chi connectivity index (χ0n) is 22.9. The lowest BCUT2D eigenvalue weighted by atomic mass is 10.1. The molecule has 6 rings (SSSR count). The number of fused-ring (bicyclic) bond motifs is 2. The summed E-state index contributed by atoms with van der Waals surface area (Å²) >= 11 is 1.12. The van der Waals surface area contributed by atoms with E-state index in [4.69, 9.17) is 4.42 Å². The summed E-state index contributed by atoms with van der Waals surface area (Å²) in [6, 6.07) is 7.16. The zero-order chi connectivity index (χ0) is 29.7. The minimum absolute atomic E-state index is 0.0340. The van der Waals surface area contributed by atoms with E-state index in [1.165, 1.54) is 18.3 Å². The van der Waals surface area contributed by atoms with Crippen LogP contribution in [0.5, 0.6) is 5.75 Å². The molecule has 0 saturated carbocycles. The first-order valence-corrected chi connectivity index (χ1v) is 14.6. The monoisotopic (exact) mass is 593 g/mol. The molecule has 4 heterocycles. The second-order valence-electron chi connectivity index (χ2n) is 10.2. The summed E-state index contributed by atoms with van der Waals surface area (Å²) in [5, 5.41) is 14.7. The van der Waals surface area contributed by atoms with Crippen LogP contribution >= 0.6 is 11.8 Å². The number of benzene rings is 2. The summed E-state index contributed by atoms with van der Waals surface area (Å²) < 4.78 is 22.4. The van der Waals surface area contributed by atoms with Crippen LogP contribution in [0.3, 0.4) is 0 Å². The number of rotatable bonds is 5. The van der Waals surface area contributed by atoms with Crippen molar-refractivity contribution in [3.63, 3.8) is 0 Å². The first-order valence-electron chi connectivity index (χ1n) is 13.5. The number of hydrogen-bond donors (Lipinski definition) is 3. The number of phenolic OH excluding ortho intramolecular Hbond substituents is 1. The number of anilines is 1. The number of pyridine rings is 1. The Hall–Kier alpha value is -4.36. The van der Waals surface area contributed by atoms with Crippen LogP contribution in [-0.4, -0.2) is 58.4 Å². The number of phenols is 1. The third-order valence-corrected chi connectivity index (χ3v) is 8.84. The molecule has 2 saturated heterocycles. The van der Waals surface area contributed by atoms with E-state index in [0.29, 0.717) is 54.9 Å². The first kappa shape index (κ1) is 27.8. The van der Waals surface area contributed by atoms with Gasteiger partial charge in [0.25, 0.3) is 11.8 Å². The molecule has 42 heavy (non-hydrogen) atoms. The highest BCUT2D eigenvalue weighted by Gasteiger charge is 2.38. The molecule has 218 valence electrons. The zero-order valence-corrected chi connectivity index (χ0v) is 23.7. The number of carbonyl (C=O) groups is 2. The van der Waals surface area contributed by atoms with Crippen molar-refractivity contribution in [3.8, 4) is 5.75 Å². The highest BCUT2D eigenvalue weighted by Crippen LogP contribution is 2.44. The van der Waals surface area contributed by atoms with Crippen molar-refractivity contribution in [3.05, 3.63) is 79.7 Å². The molecule has 4 aromatic rings. The van der Waals surface area contributed by atoms with Crippen molar-refractivity contribution in [1.29, 1.82) is 0 Å². The van der Waals surface area contributed by atoms with Gasteiger partial charge in [0.1, 0.15) is 28.1 Å². The van der Waals surface area contributed by atoms with E-state index in [9.17, 15) is 24.3 Å². The Bertz CT molecular complexity index is 1880. The smallest absolute Gasteiger partial charge is 0.336 e. The van der Waals surface area contributed by atoms with E-state index in [0.717, 1.165) is 22.8 Å². The number of aromatic hydroxyl groups is 1. The van der Waals surface area contributed by atoms with Crippen LogP contribution in [0.25, 0.3) is 21.9 Å². The molecular formula is C29H28FN5O6S. The fourth-order valence-electron chi connectivity index (χ4n) is 5.53. The van der Waals surface area contributed by atoms with Crippen LogP contribution < -0.4 is 26.7 Å². The Morgan fingerprint density at radius 1 is 1.17 bits per heavy atom. The van der Waals surface area contributed by atoms with Gasteiger partial charge in [-0.1, -0.05) is 0 Å². The number of carbonyl (C=O) groups excluding carboxylic acids is 2. The SMILES string of the molecule is CCn1cc(C(=O)NN2C(=O)CSC2c2c(O)ccc3c(C)cc(=O)oc23)c(=O)c2cc(F)c(N3CCNCC3)cc21. The number of amides is 2. The summed E-state index contributed by atoms with van der Waals surface area (Å²) in [6.07, 6.45) is 1.40. The van der Waals surface area contributed by atoms with Gasteiger partial charge < -0.3 is 24.3 Å². The number of hydrogen-bond acceptors (Lipinski definition) is 9. The van der Waals surface area contributed by atoms with Gasteiger partial charge in [0.2, 0.25) is 5.43 Å². The second kappa shape index (κ2) is 10.8. The van der Waals surface area contributed by atoms with E-state index in [1.54, 1.807) is 23.6 Å². The number of nitrogens with one attached hydrogen (secondary N) is 2. The van der Waals surface area contributed by atoms with E-state index in [2.05, 4.69) is 10.7 Å².